The third-order valence-electron chi connectivity index (χ3n) is 4.63. The zero-order valence-electron chi connectivity index (χ0n) is 16.4. The number of hydrogen-bond donors (Lipinski definition) is 1. The normalized spacial score (nSPS) is 18.2. The van der Waals surface area contributed by atoms with Crippen LogP contribution in [0.1, 0.15) is 40.2 Å². The van der Waals surface area contributed by atoms with Gasteiger partial charge >= 0.3 is 12.1 Å². The van der Waals surface area contributed by atoms with Crippen LogP contribution in [0.3, 0.4) is 0 Å². The number of carbonyl (C=O) groups excluding carboxylic acids is 2. The molecular formula is C19H20F3N3O5. The van der Waals surface area contributed by atoms with Crippen molar-refractivity contribution in [1.82, 2.24) is 9.78 Å². The molecule has 0 radical (unpaired) electrons. The Hall–Kier alpha value is -3.24. The molecule has 0 amide bonds. The fourth-order valence-corrected chi connectivity index (χ4v) is 3.16. The molecule has 11 heteroatoms. The number of nitrogens with one attached hydrogen (secondary N) is 1. The van der Waals surface area contributed by atoms with Gasteiger partial charge in [-0.2, -0.15) is 18.3 Å². The SMILES string of the molecule is COc1ccc(C(=O)COC(=O)c2cc3n(n2)[C@@H](C(F)(F)F)C[C@@H](C)N3)cc1OC. The average Bonchev–Trinajstić information content (AvgIpc) is 3.13. The van der Waals surface area contributed by atoms with Crippen molar-refractivity contribution in [1.29, 1.82) is 0 Å². The molecular weight excluding hydrogens is 407 g/mol. The fourth-order valence-electron chi connectivity index (χ4n) is 3.16. The van der Waals surface area contributed by atoms with Crippen molar-refractivity contribution >= 4 is 17.6 Å². The van der Waals surface area contributed by atoms with Crippen LogP contribution in [-0.2, 0) is 4.74 Å². The van der Waals surface area contributed by atoms with Crippen molar-refractivity contribution < 1.29 is 37.0 Å². The Bertz CT molecular complexity index is 957. The molecule has 2 heterocycles. The van der Waals surface area contributed by atoms with Crippen molar-refractivity contribution in [3.8, 4) is 11.5 Å². The molecule has 1 aromatic carbocycles. The predicted molar refractivity (Wildman–Crippen MR) is 99.2 cm³/mol. The molecule has 0 saturated carbocycles. The second-order valence-electron chi connectivity index (χ2n) is 6.77. The number of aromatic nitrogens is 2. The summed E-state index contributed by atoms with van der Waals surface area (Å²) in [5.41, 5.74) is -0.0989. The average molecular weight is 427 g/mol. The number of benzene rings is 1. The predicted octanol–water partition coefficient (Wildman–Crippen LogP) is 3.25. The van der Waals surface area contributed by atoms with E-state index in [9.17, 15) is 22.8 Å². The van der Waals surface area contributed by atoms with E-state index in [1.54, 1.807) is 6.92 Å². The van der Waals surface area contributed by atoms with Crippen LogP contribution < -0.4 is 14.8 Å². The lowest BCUT2D eigenvalue weighted by Crippen LogP contribution is -2.37. The number of anilines is 1. The van der Waals surface area contributed by atoms with Crippen LogP contribution in [0.15, 0.2) is 24.3 Å². The van der Waals surface area contributed by atoms with Crippen molar-refractivity contribution in [2.45, 2.75) is 31.6 Å². The standard InChI is InChI=1S/C19H20F3N3O5/c1-10-6-16(19(20,21)22)25-17(23-10)8-12(24-25)18(27)30-9-13(26)11-4-5-14(28-2)15(7-11)29-3/h4-5,7-8,10,16,23H,6,9H2,1-3H3/t10-,16-/m1/s1. The van der Waals surface area contributed by atoms with Crippen LogP contribution in [0.4, 0.5) is 19.0 Å². The number of alkyl halides is 3. The zero-order chi connectivity index (χ0) is 22.1. The second kappa shape index (κ2) is 8.25. The third kappa shape index (κ3) is 4.34. The third-order valence-corrected chi connectivity index (χ3v) is 4.63. The number of esters is 1. The summed E-state index contributed by atoms with van der Waals surface area (Å²) in [6, 6.07) is 3.32. The zero-order valence-corrected chi connectivity index (χ0v) is 16.4. The number of carbonyl (C=O) groups is 2. The number of ketones is 1. The van der Waals surface area contributed by atoms with Gasteiger partial charge in [-0.25, -0.2) is 9.48 Å². The Morgan fingerprint density at radius 2 is 1.90 bits per heavy atom. The Kier molecular flexibility index (Phi) is 5.90. The van der Waals surface area contributed by atoms with Gasteiger partial charge in [0.25, 0.3) is 0 Å². The van der Waals surface area contributed by atoms with Gasteiger partial charge in [0.05, 0.1) is 14.2 Å². The van der Waals surface area contributed by atoms with Crippen LogP contribution >= 0.6 is 0 Å². The maximum absolute atomic E-state index is 13.3. The first kappa shape index (κ1) is 21.5. The van der Waals surface area contributed by atoms with Gasteiger partial charge in [-0.3, -0.25) is 4.79 Å². The lowest BCUT2D eigenvalue weighted by molar-refractivity contribution is -0.173. The quantitative estimate of drug-likeness (QED) is 0.559. The molecule has 0 saturated heterocycles. The summed E-state index contributed by atoms with van der Waals surface area (Å²) in [7, 11) is 2.86. The minimum Gasteiger partial charge on any atom is -0.493 e. The summed E-state index contributed by atoms with van der Waals surface area (Å²) >= 11 is 0. The molecule has 162 valence electrons. The van der Waals surface area contributed by atoms with Crippen LogP contribution in [0.25, 0.3) is 0 Å². The molecule has 0 bridgehead atoms. The molecule has 2 atom stereocenters. The summed E-state index contributed by atoms with van der Waals surface area (Å²) in [6.45, 7) is 0.998. The van der Waals surface area contributed by atoms with Gasteiger partial charge in [-0.1, -0.05) is 0 Å². The van der Waals surface area contributed by atoms with Gasteiger partial charge < -0.3 is 19.5 Å². The van der Waals surface area contributed by atoms with Gasteiger partial charge in [-0.15, -0.1) is 0 Å². The molecule has 0 aliphatic carbocycles. The van der Waals surface area contributed by atoms with Crippen molar-refractivity contribution in [2.75, 3.05) is 26.1 Å². The second-order valence-corrected chi connectivity index (χ2v) is 6.77. The van der Waals surface area contributed by atoms with Gasteiger partial charge in [0.1, 0.15) is 5.82 Å². The van der Waals surface area contributed by atoms with Gasteiger partial charge in [0.15, 0.2) is 35.6 Å². The Morgan fingerprint density at radius 1 is 1.20 bits per heavy atom. The fraction of sp³-hybridized carbons (Fsp3) is 0.421. The highest BCUT2D eigenvalue weighted by Gasteiger charge is 2.45. The molecule has 0 spiro atoms. The molecule has 0 fully saturated rings. The number of fused-ring (bicyclic) bond motifs is 1. The smallest absolute Gasteiger partial charge is 0.410 e. The first-order valence-electron chi connectivity index (χ1n) is 8.99. The molecule has 1 aliphatic heterocycles. The maximum Gasteiger partial charge on any atom is 0.410 e. The maximum atomic E-state index is 13.3. The Balaban J connectivity index is 1.71. The van der Waals surface area contributed by atoms with Crippen LogP contribution in [-0.4, -0.2) is 54.6 Å². The summed E-state index contributed by atoms with van der Waals surface area (Å²) < 4.78 is 55.8. The Labute approximate surface area is 169 Å². The van der Waals surface area contributed by atoms with E-state index in [2.05, 4.69) is 10.4 Å². The highest BCUT2D eigenvalue weighted by molar-refractivity contribution is 5.99. The van der Waals surface area contributed by atoms with E-state index < -0.39 is 36.6 Å². The summed E-state index contributed by atoms with van der Waals surface area (Å²) in [6.07, 6.45) is -4.73. The van der Waals surface area contributed by atoms with Crippen LogP contribution in [0.2, 0.25) is 0 Å². The number of halogens is 3. The number of rotatable bonds is 6. The first-order valence-corrected chi connectivity index (χ1v) is 8.99. The molecule has 1 N–H and O–H groups in total. The van der Waals surface area contributed by atoms with E-state index in [-0.39, 0.29) is 23.5 Å². The van der Waals surface area contributed by atoms with E-state index in [4.69, 9.17) is 14.2 Å². The lowest BCUT2D eigenvalue weighted by Gasteiger charge is -2.31. The summed E-state index contributed by atoms with van der Waals surface area (Å²) in [4.78, 5) is 24.6. The van der Waals surface area contributed by atoms with Gasteiger partial charge in [0, 0.05) is 17.7 Å². The topological polar surface area (TPSA) is 91.7 Å². The Morgan fingerprint density at radius 3 is 2.53 bits per heavy atom. The molecule has 8 nitrogen and oxygen atoms in total. The minimum absolute atomic E-state index is 0.0641. The van der Waals surface area contributed by atoms with E-state index in [0.29, 0.717) is 11.5 Å². The lowest BCUT2D eigenvalue weighted by atomic mass is 10.1. The number of methoxy groups -OCH3 is 2. The molecule has 2 aromatic rings. The number of hydrogen-bond acceptors (Lipinski definition) is 7. The minimum atomic E-state index is -4.51. The van der Waals surface area contributed by atoms with E-state index >= 15 is 0 Å². The molecule has 1 aliphatic rings. The highest BCUT2D eigenvalue weighted by atomic mass is 19.4. The molecule has 1 aromatic heterocycles. The van der Waals surface area contributed by atoms with E-state index in [1.807, 2.05) is 0 Å². The summed E-state index contributed by atoms with van der Waals surface area (Å²) in [5.74, 6) is -0.700. The van der Waals surface area contributed by atoms with Crippen molar-refractivity contribution in [3.05, 3.63) is 35.5 Å². The number of ether oxygens (including phenoxy) is 3. The van der Waals surface area contributed by atoms with E-state index in [1.165, 1.54) is 38.5 Å². The molecule has 3 rings (SSSR count). The molecule has 30 heavy (non-hydrogen) atoms. The first-order chi connectivity index (χ1) is 14.1. The summed E-state index contributed by atoms with van der Waals surface area (Å²) in [5, 5.41) is 6.60. The van der Waals surface area contributed by atoms with Crippen molar-refractivity contribution in [2.24, 2.45) is 0 Å². The van der Waals surface area contributed by atoms with E-state index in [0.717, 1.165) is 4.68 Å². The molecule has 0 unspecified atom stereocenters. The number of nitrogens with zero attached hydrogens (tertiary/aromatic N) is 2. The van der Waals surface area contributed by atoms with Crippen LogP contribution in [0, 0.1) is 0 Å². The largest absolute Gasteiger partial charge is 0.493 e. The van der Waals surface area contributed by atoms with Crippen molar-refractivity contribution in [3.63, 3.8) is 0 Å². The van der Waals surface area contributed by atoms with Gasteiger partial charge in [0.2, 0.25) is 0 Å². The highest BCUT2D eigenvalue weighted by Crippen LogP contribution is 2.39. The van der Waals surface area contributed by atoms with Gasteiger partial charge in [-0.05, 0) is 31.5 Å². The van der Waals surface area contributed by atoms with Crippen LogP contribution in [0.5, 0.6) is 11.5 Å². The number of Topliss-reactive ketones (excluding diaryl/α,β-unsaturated/α-hetero) is 1. The monoisotopic (exact) mass is 427 g/mol.